The number of ether oxygens (including phenoxy) is 6. The maximum absolute atomic E-state index is 12.6. The van der Waals surface area contributed by atoms with Crippen molar-refractivity contribution < 1.29 is 58.7 Å². The summed E-state index contributed by atoms with van der Waals surface area (Å²) < 4.78 is 35.8. The third-order valence-corrected chi connectivity index (χ3v) is 8.90. The fourth-order valence-corrected chi connectivity index (χ4v) is 6.20. The highest BCUT2D eigenvalue weighted by atomic mass is 16.8. The van der Waals surface area contributed by atoms with E-state index in [0.29, 0.717) is 25.7 Å². The Morgan fingerprint density at radius 2 is 1.38 bits per heavy atom. The molecule has 4 rings (SSSR count). The zero-order chi connectivity index (χ0) is 32.8. The average molecular weight is 653 g/mol. The first-order valence-corrected chi connectivity index (χ1v) is 15.7. The van der Waals surface area contributed by atoms with Crippen LogP contribution in [0.25, 0.3) is 0 Å². The van der Waals surface area contributed by atoms with Crippen LogP contribution in [0.3, 0.4) is 0 Å². The summed E-state index contributed by atoms with van der Waals surface area (Å²) in [6.45, 7) is -0.491. The molecule has 18 heteroatoms. The molecule has 3 heterocycles. The summed E-state index contributed by atoms with van der Waals surface area (Å²) in [6.07, 6.45) is -11.0. The molecule has 4 fully saturated rings. The second-order valence-electron chi connectivity index (χ2n) is 12.3. The fraction of sp³-hybridized carbons (Fsp3) is 0.963. The zero-order valence-corrected chi connectivity index (χ0v) is 25.3. The molecule has 4 aliphatic rings. The SMILES string of the molecule is NCC[C@H](O)C(=O)N[C@@H]1C[C@H](N)[C@@H](O[C@H]2O[C@H](CO)CC[C@H]2N)[C@H](O[C@@H]2O[C@H](CO)[C@@H](O[C@H]3O[C@@H](CN)CC[C@H]3N)[C@H]2O)[C@H]1O. The first-order valence-electron chi connectivity index (χ1n) is 15.7. The maximum Gasteiger partial charge on any atom is 0.249 e. The van der Waals surface area contributed by atoms with Crippen molar-refractivity contribution in [1.82, 2.24) is 5.32 Å². The summed E-state index contributed by atoms with van der Waals surface area (Å²) in [6, 6.07) is -2.97. The van der Waals surface area contributed by atoms with Gasteiger partial charge in [0.25, 0.3) is 0 Å². The van der Waals surface area contributed by atoms with Gasteiger partial charge in [0, 0.05) is 12.6 Å². The van der Waals surface area contributed by atoms with Gasteiger partial charge in [-0.1, -0.05) is 0 Å². The number of rotatable bonds is 13. The second kappa shape index (κ2) is 16.8. The van der Waals surface area contributed by atoms with E-state index < -0.39 is 104 Å². The minimum Gasteiger partial charge on any atom is -0.394 e. The number of hydrogen-bond donors (Lipinski definition) is 11. The highest BCUT2D eigenvalue weighted by Gasteiger charge is 2.53. The normalized spacial score (nSPS) is 44.9. The van der Waals surface area contributed by atoms with Gasteiger partial charge in [0.05, 0.1) is 43.5 Å². The Kier molecular flexibility index (Phi) is 13.7. The summed E-state index contributed by atoms with van der Waals surface area (Å²) in [5.74, 6) is -0.760. The van der Waals surface area contributed by atoms with Crippen LogP contribution in [-0.4, -0.2) is 156 Å². The molecule has 0 aromatic carbocycles. The van der Waals surface area contributed by atoms with Crippen molar-refractivity contribution in [3.63, 3.8) is 0 Å². The molecule has 18 nitrogen and oxygen atoms in total. The molecule has 3 saturated heterocycles. The van der Waals surface area contributed by atoms with Crippen molar-refractivity contribution in [2.45, 2.75) is 136 Å². The number of carbonyl (C=O) groups excluding carboxylic acids is 1. The van der Waals surface area contributed by atoms with Crippen molar-refractivity contribution in [3.8, 4) is 0 Å². The van der Waals surface area contributed by atoms with E-state index in [1.54, 1.807) is 0 Å². The van der Waals surface area contributed by atoms with E-state index in [9.17, 15) is 30.3 Å². The van der Waals surface area contributed by atoms with Gasteiger partial charge in [-0.3, -0.25) is 4.79 Å². The topological polar surface area (TPSA) is 316 Å². The standard InChI is InChI=1S/C27H52N6O12/c28-6-5-17(36)24(39)33-16-7-15(32)21(43-26-14(31)4-2-12(9-34)41-26)23(19(16)37)45-27-20(38)22(18(10-35)42-27)44-25-13(30)3-1-11(8-29)40-25/h11-23,25-27,34-38H,1-10,28-32H2,(H,33,39)/t11-,12+,13-,14-,15+,16-,17+,18-,19+,20-,21-,22-,23-,25-,26-,27+/m1/s1. The highest BCUT2D eigenvalue weighted by Crippen LogP contribution is 2.34. The Morgan fingerprint density at radius 3 is 1.98 bits per heavy atom. The van der Waals surface area contributed by atoms with Gasteiger partial charge in [0.1, 0.15) is 42.7 Å². The molecule has 0 aromatic heterocycles. The lowest BCUT2D eigenvalue weighted by Gasteiger charge is -2.46. The summed E-state index contributed by atoms with van der Waals surface area (Å²) >= 11 is 0. The average Bonchev–Trinajstić information content (AvgIpc) is 3.32. The van der Waals surface area contributed by atoms with Gasteiger partial charge in [-0.25, -0.2) is 0 Å². The summed E-state index contributed by atoms with van der Waals surface area (Å²) in [5, 5.41) is 55.2. The van der Waals surface area contributed by atoms with Gasteiger partial charge in [-0.15, -0.1) is 0 Å². The van der Waals surface area contributed by atoms with Crippen LogP contribution in [0.1, 0.15) is 38.5 Å². The molecular formula is C27H52N6O12. The van der Waals surface area contributed by atoms with Crippen LogP contribution in [0.15, 0.2) is 0 Å². The number of carbonyl (C=O) groups is 1. The van der Waals surface area contributed by atoms with Crippen molar-refractivity contribution in [2.75, 3.05) is 26.3 Å². The van der Waals surface area contributed by atoms with Crippen LogP contribution in [-0.2, 0) is 33.2 Å². The molecule has 262 valence electrons. The molecule has 16 N–H and O–H groups in total. The van der Waals surface area contributed by atoms with Gasteiger partial charge in [-0.05, 0) is 45.1 Å². The number of hydrogen-bond acceptors (Lipinski definition) is 17. The van der Waals surface area contributed by atoms with Crippen LogP contribution >= 0.6 is 0 Å². The number of nitrogens with one attached hydrogen (secondary N) is 1. The summed E-state index contributed by atoms with van der Waals surface area (Å²) in [7, 11) is 0. The van der Waals surface area contributed by atoms with Crippen molar-refractivity contribution >= 4 is 5.91 Å². The van der Waals surface area contributed by atoms with E-state index in [2.05, 4.69) is 5.32 Å². The van der Waals surface area contributed by atoms with Crippen molar-refractivity contribution in [1.29, 1.82) is 0 Å². The molecule has 3 aliphatic heterocycles. The third kappa shape index (κ3) is 8.85. The lowest BCUT2D eigenvalue weighted by atomic mass is 9.83. The lowest BCUT2D eigenvalue weighted by molar-refractivity contribution is -0.290. The van der Waals surface area contributed by atoms with Gasteiger partial charge >= 0.3 is 0 Å². The monoisotopic (exact) mass is 652 g/mol. The molecule has 1 amide bonds. The molecule has 0 unspecified atom stereocenters. The molecule has 0 spiro atoms. The third-order valence-electron chi connectivity index (χ3n) is 8.90. The lowest BCUT2D eigenvalue weighted by Crippen LogP contribution is -2.67. The first kappa shape index (κ1) is 36.7. The molecule has 45 heavy (non-hydrogen) atoms. The van der Waals surface area contributed by atoms with Gasteiger partial charge in [0.15, 0.2) is 18.9 Å². The van der Waals surface area contributed by atoms with Crippen LogP contribution in [0.5, 0.6) is 0 Å². The van der Waals surface area contributed by atoms with Crippen molar-refractivity contribution in [3.05, 3.63) is 0 Å². The van der Waals surface area contributed by atoms with Crippen LogP contribution in [0.4, 0.5) is 0 Å². The summed E-state index contributed by atoms with van der Waals surface area (Å²) in [5.41, 5.74) is 30.2. The molecule has 16 atom stereocenters. The Morgan fingerprint density at radius 1 is 0.778 bits per heavy atom. The Bertz CT molecular complexity index is 929. The number of nitrogens with two attached hydrogens (primary N) is 5. The van der Waals surface area contributed by atoms with E-state index in [-0.39, 0.29) is 38.6 Å². The fourth-order valence-electron chi connectivity index (χ4n) is 6.20. The van der Waals surface area contributed by atoms with Crippen molar-refractivity contribution in [2.24, 2.45) is 28.7 Å². The molecule has 1 saturated carbocycles. The second-order valence-corrected chi connectivity index (χ2v) is 12.3. The van der Waals surface area contributed by atoms with Gasteiger partial charge < -0.3 is 87.9 Å². The summed E-state index contributed by atoms with van der Waals surface area (Å²) in [4.78, 5) is 12.6. The Hall–Kier alpha value is -1.17. The van der Waals surface area contributed by atoms with Crippen LogP contribution < -0.4 is 34.0 Å². The van der Waals surface area contributed by atoms with Crippen LogP contribution in [0.2, 0.25) is 0 Å². The highest BCUT2D eigenvalue weighted by molar-refractivity contribution is 5.80. The van der Waals surface area contributed by atoms with Crippen LogP contribution in [0, 0.1) is 0 Å². The van der Waals surface area contributed by atoms with Gasteiger partial charge in [-0.2, -0.15) is 0 Å². The van der Waals surface area contributed by atoms with E-state index in [0.717, 1.165) is 0 Å². The zero-order valence-electron chi connectivity index (χ0n) is 25.3. The van der Waals surface area contributed by atoms with E-state index in [1.807, 2.05) is 0 Å². The predicted molar refractivity (Wildman–Crippen MR) is 154 cm³/mol. The number of aliphatic hydroxyl groups is 5. The Balaban J connectivity index is 1.53. The van der Waals surface area contributed by atoms with E-state index >= 15 is 0 Å². The smallest absolute Gasteiger partial charge is 0.249 e. The predicted octanol–water partition coefficient (Wildman–Crippen LogP) is -5.88. The molecule has 0 radical (unpaired) electrons. The maximum atomic E-state index is 12.6. The molecule has 0 aromatic rings. The molecule has 1 aliphatic carbocycles. The van der Waals surface area contributed by atoms with E-state index in [4.69, 9.17) is 57.1 Å². The Labute approximate surface area is 261 Å². The number of aliphatic hydroxyl groups excluding tert-OH is 5. The largest absolute Gasteiger partial charge is 0.394 e. The first-order chi connectivity index (χ1) is 21.5. The minimum absolute atomic E-state index is 0.00172. The molecular weight excluding hydrogens is 600 g/mol. The quantitative estimate of drug-likeness (QED) is 0.0882. The minimum atomic E-state index is -1.49. The van der Waals surface area contributed by atoms with Gasteiger partial charge in [0.2, 0.25) is 5.91 Å². The number of amides is 1. The van der Waals surface area contributed by atoms with E-state index in [1.165, 1.54) is 0 Å². The molecule has 0 bridgehead atoms.